The number of nitrogen functional groups attached to an aromatic ring is 1. The first-order valence-corrected chi connectivity index (χ1v) is 4.40. The molecule has 1 aromatic carbocycles. The van der Waals surface area contributed by atoms with Gasteiger partial charge in [-0.1, -0.05) is 6.07 Å². The number of nitrogens with one attached hydrogen (secondary N) is 1. The van der Waals surface area contributed by atoms with Gasteiger partial charge in [0.25, 0.3) is 0 Å². The standard InChI is InChI=1S/C10H10N2O2/c11-6-2-1-3-7-10(6)8(13)4-5-9(14)12-7/h1-3H,4-5,11H2,(H,12,14). The molecule has 0 radical (unpaired) electrons. The molecule has 4 heteroatoms. The Kier molecular flexibility index (Phi) is 1.96. The molecule has 14 heavy (non-hydrogen) atoms. The number of rotatable bonds is 0. The van der Waals surface area contributed by atoms with Crippen molar-refractivity contribution in [1.29, 1.82) is 0 Å². The zero-order valence-electron chi connectivity index (χ0n) is 7.54. The molecule has 0 bridgehead atoms. The van der Waals surface area contributed by atoms with Crippen LogP contribution in [0.4, 0.5) is 11.4 Å². The molecule has 0 spiro atoms. The summed E-state index contributed by atoms with van der Waals surface area (Å²) in [7, 11) is 0. The minimum absolute atomic E-state index is 0.0727. The molecule has 1 aliphatic rings. The Bertz CT molecular complexity index is 413. The number of anilines is 2. The van der Waals surface area contributed by atoms with E-state index in [1.807, 2.05) is 0 Å². The number of ketones is 1. The van der Waals surface area contributed by atoms with Gasteiger partial charge in [0, 0.05) is 18.5 Å². The van der Waals surface area contributed by atoms with Crippen LogP contribution in [0.5, 0.6) is 0 Å². The Morgan fingerprint density at radius 3 is 2.79 bits per heavy atom. The van der Waals surface area contributed by atoms with E-state index >= 15 is 0 Å². The van der Waals surface area contributed by atoms with Gasteiger partial charge in [-0.25, -0.2) is 0 Å². The molecule has 1 heterocycles. The first-order valence-electron chi connectivity index (χ1n) is 4.40. The predicted molar refractivity (Wildman–Crippen MR) is 53.0 cm³/mol. The topological polar surface area (TPSA) is 72.2 Å². The molecule has 1 amide bonds. The molecule has 0 aromatic heterocycles. The molecule has 1 aromatic rings. The maximum absolute atomic E-state index is 11.6. The van der Waals surface area contributed by atoms with Crippen LogP contribution in [0.3, 0.4) is 0 Å². The van der Waals surface area contributed by atoms with E-state index in [2.05, 4.69) is 5.32 Å². The van der Waals surface area contributed by atoms with E-state index in [0.29, 0.717) is 16.9 Å². The predicted octanol–water partition coefficient (Wildman–Crippen LogP) is 1.18. The number of benzene rings is 1. The molecule has 4 nitrogen and oxygen atoms in total. The third-order valence-corrected chi connectivity index (χ3v) is 2.23. The molecule has 0 saturated heterocycles. The van der Waals surface area contributed by atoms with Gasteiger partial charge < -0.3 is 11.1 Å². The normalized spacial score (nSPS) is 15.7. The van der Waals surface area contributed by atoms with Gasteiger partial charge >= 0.3 is 0 Å². The van der Waals surface area contributed by atoms with Crippen LogP contribution in [0, 0.1) is 0 Å². The van der Waals surface area contributed by atoms with Crippen molar-refractivity contribution in [3.05, 3.63) is 23.8 Å². The third-order valence-electron chi connectivity index (χ3n) is 2.23. The zero-order valence-corrected chi connectivity index (χ0v) is 7.54. The SMILES string of the molecule is Nc1cccc2c1C(=O)CCC(=O)N2. The monoisotopic (exact) mass is 190 g/mol. The Hall–Kier alpha value is -1.84. The molecule has 0 fully saturated rings. The molecule has 0 saturated carbocycles. The lowest BCUT2D eigenvalue weighted by Crippen LogP contribution is -2.09. The summed E-state index contributed by atoms with van der Waals surface area (Å²) in [6, 6.07) is 5.06. The molecule has 0 aliphatic carbocycles. The molecule has 3 N–H and O–H groups in total. The fourth-order valence-corrected chi connectivity index (χ4v) is 1.55. The van der Waals surface area contributed by atoms with Gasteiger partial charge in [-0.15, -0.1) is 0 Å². The Labute approximate surface area is 81.1 Å². The van der Waals surface area contributed by atoms with E-state index in [1.54, 1.807) is 18.2 Å². The van der Waals surface area contributed by atoms with Crippen LogP contribution in [0.15, 0.2) is 18.2 Å². The van der Waals surface area contributed by atoms with Crippen LogP contribution in [0.25, 0.3) is 0 Å². The first kappa shape index (κ1) is 8.74. The minimum atomic E-state index is -0.136. The average molecular weight is 190 g/mol. The van der Waals surface area contributed by atoms with Crippen molar-refractivity contribution in [2.24, 2.45) is 0 Å². The van der Waals surface area contributed by atoms with Crippen LogP contribution in [-0.2, 0) is 4.79 Å². The highest BCUT2D eigenvalue weighted by atomic mass is 16.2. The highest BCUT2D eigenvalue weighted by Gasteiger charge is 2.20. The number of amides is 1. The van der Waals surface area contributed by atoms with E-state index in [4.69, 9.17) is 5.73 Å². The zero-order chi connectivity index (χ0) is 10.1. The largest absolute Gasteiger partial charge is 0.398 e. The summed E-state index contributed by atoms with van der Waals surface area (Å²) in [5.74, 6) is -0.209. The second-order valence-electron chi connectivity index (χ2n) is 3.24. The van der Waals surface area contributed by atoms with Crippen LogP contribution in [0.2, 0.25) is 0 Å². The summed E-state index contributed by atoms with van der Waals surface area (Å²) in [6.07, 6.45) is 0.458. The molecule has 72 valence electrons. The lowest BCUT2D eigenvalue weighted by molar-refractivity contribution is -0.116. The van der Waals surface area contributed by atoms with E-state index in [1.165, 1.54) is 0 Å². The van der Waals surface area contributed by atoms with Crippen LogP contribution in [-0.4, -0.2) is 11.7 Å². The van der Waals surface area contributed by atoms with Crippen molar-refractivity contribution in [3.8, 4) is 0 Å². The number of carbonyl (C=O) groups is 2. The van der Waals surface area contributed by atoms with Crippen molar-refractivity contribution < 1.29 is 9.59 Å². The molecular formula is C10H10N2O2. The summed E-state index contributed by atoms with van der Waals surface area (Å²) < 4.78 is 0. The van der Waals surface area contributed by atoms with Crippen molar-refractivity contribution in [2.45, 2.75) is 12.8 Å². The summed E-state index contributed by atoms with van der Waals surface area (Å²) in [5, 5.41) is 2.65. The Morgan fingerprint density at radius 1 is 1.21 bits per heavy atom. The lowest BCUT2D eigenvalue weighted by atomic mass is 10.0. The van der Waals surface area contributed by atoms with Crippen molar-refractivity contribution in [1.82, 2.24) is 0 Å². The van der Waals surface area contributed by atoms with E-state index in [9.17, 15) is 9.59 Å². The van der Waals surface area contributed by atoms with Crippen LogP contribution >= 0.6 is 0 Å². The summed E-state index contributed by atoms with van der Waals surface area (Å²) in [4.78, 5) is 22.8. The fraction of sp³-hybridized carbons (Fsp3) is 0.200. The van der Waals surface area contributed by atoms with Crippen molar-refractivity contribution in [2.75, 3.05) is 11.1 Å². The maximum atomic E-state index is 11.6. The Morgan fingerprint density at radius 2 is 2.00 bits per heavy atom. The summed E-state index contributed by atoms with van der Waals surface area (Å²) in [5.41, 5.74) is 7.07. The average Bonchev–Trinajstić information content (AvgIpc) is 2.27. The van der Waals surface area contributed by atoms with Gasteiger partial charge in [0.15, 0.2) is 5.78 Å². The van der Waals surface area contributed by atoms with Gasteiger partial charge in [-0.2, -0.15) is 0 Å². The van der Waals surface area contributed by atoms with Crippen molar-refractivity contribution >= 4 is 23.1 Å². The van der Waals surface area contributed by atoms with Gasteiger partial charge in [-0.05, 0) is 12.1 Å². The van der Waals surface area contributed by atoms with Gasteiger partial charge in [-0.3, -0.25) is 9.59 Å². The number of hydrogen-bond acceptors (Lipinski definition) is 3. The number of carbonyl (C=O) groups excluding carboxylic acids is 2. The second-order valence-corrected chi connectivity index (χ2v) is 3.24. The number of nitrogens with two attached hydrogens (primary N) is 1. The molecule has 1 aliphatic heterocycles. The van der Waals surface area contributed by atoms with Crippen molar-refractivity contribution in [3.63, 3.8) is 0 Å². The second kappa shape index (κ2) is 3.14. The number of fused-ring (bicyclic) bond motifs is 1. The molecule has 0 atom stereocenters. The number of hydrogen-bond donors (Lipinski definition) is 2. The van der Waals surface area contributed by atoms with Gasteiger partial charge in [0.05, 0.1) is 11.3 Å². The maximum Gasteiger partial charge on any atom is 0.224 e. The highest BCUT2D eigenvalue weighted by molar-refractivity contribution is 6.12. The smallest absolute Gasteiger partial charge is 0.224 e. The summed E-state index contributed by atoms with van der Waals surface area (Å²) in [6.45, 7) is 0. The van der Waals surface area contributed by atoms with Crippen LogP contribution < -0.4 is 11.1 Å². The minimum Gasteiger partial charge on any atom is -0.398 e. The quantitative estimate of drug-likeness (QED) is 0.603. The molecular weight excluding hydrogens is 180 g/mol. The summed E-state index contributed by atoms with van der Waals surface area (Å²) >= 11 is 0. The van der Waals surface area contributed by atoms with E-state index in [0.717, 1.165) is 0 Å². The van der Waals surface area contributed by atoms with E-state index < -0.39 is 0 Å². The molecule has 2 rings (SSSR count). The highest BCUT2D eigenvalue weighted by Crippen LogP contribution is 2.26. The van der Waals surface area contributed by atoms with Gasteiger partial charge in [0.2, 0.25) is 5.91 Å². The Balaban J connectivity index is 2.57. The fourth-order valence-electron chi connectivity index (χ4n) is 1.55. The lowest BCUT2D eigenvalue weighted by Gasteiger charge is -2.07. The van der Waals surface area contributed by atoms with Gasteiger partial charge in [0.1, 0.15) is 0 Å². The third kappa shape index (κ3) is 1.35. The first-order chi connectivity index (χ1) is 6.68. The van der Waals surface area contributed by atoms with E-state index in [-0.39, 0.29) is 24.5 Å². The molecule has 0 unspecified atom stereocenters. The number of Topliss-reactive ketones (excluding diaryl/α,β-unsaturated/α-hetero) is 1. The van der Waals surface area contributed by atoms with Crippen LogP contribution in [0.1, 0.15) is 23.2 Å².